The molecule has 0 spiro atoms. The average Bonchev–Trinajstić information content (AvgIpc) is 3.20. The third-order valence-electron chi connectivity index (χ3n) is 5.05. The maximum absolute atomic E-state index is 12.1. The minimum atomic E-state index is -1.68. The molecule has 29 heavy (non-hydrogen) atoms. The van der Waals surface area contributed by atoms with Crippen molar-refractivity contribution in [1.82, 2.24) is 14.7 Å². The van der Waals surface area contributed by atoms with Crippen LogP contribution in [-0.4, -0.2) is 56.6 Å². The number of primary amides is 1. The number of allylic oxidation sites excluding steroid dienone is 1. The predicted octanol–water partition coefficient (Wildman–Crippen LogP) is 0.0543. The Kier molecular flexibility index (Phi) is 4.32. The van der Waals surface area contributed by atoms with E-state index in [-0.39, 0.29) is 24.3 Å². The van der Waals surface area contributed by atoms with Crippen LogP contribution in [0.2, 0.25) is 0 Å². The van der Waals surface area contributed by atoms with Crippen LogP contribution in [0.5, 0.6) is 0 Å². The van der Waals surface area contributed by atoms with E-state index in [0.29, 0.717) is 29.1 Å². The van der Waals surface area contributed by atoms with Crippen LogP contribution in [-0.2, 0) is 16.0 Å². The Bertz CT molecular complexity index is 1150. The highest BCUT2D eigenvalue weighted by molar-refractivity contribution is 6.02. The number of hydrogen-bond acceptors (Lipinski definition) is 5. The van der Waals surface area contributed by atoms with E-state index in [1.54, 1.807) is 37.4 Å². The highest BCUT2D eigenvalue weighted by atomic mass is 16.3. The lowest BCUT2D eigenvalue weighted by Crippen LogP contribution is -2.37. The fourth-order valence-electron chi connectivity index (χ4n) is 3.47. The fourth-order valence-corrected chi connectivity index (χ4v) is 3.47. The Balaban J connectivity index is 1.74. The number of ketones is 1. The van der Waals surface area contributed by atoms with Crippen molar-refractivity contribution in [3.05, 3.63) is 52.9 Å². The largest absolute Gasteiger partial charge is 0.369 e. The minimum absolute atomic E-state index is 0.0584. The molecule has 1 aromatic heterocycles. The number of nitrogens with two attached hydrogens (primary N) is 1. The molecule has 1 saturated heterocycles. The summed E-state index contributed by atoms with van der Waals surface area (Å²) in [6.07, 6.45) is 3.36. The van der Waals surface area contributed by atoms with Crippen LogP contribution < -0.4 is 5.73 Å². The standard InChI is InChI=1S/C21H18N4O4/c1-24-10-9-21(29,20(24)28)8-7-13-3-2-4-14(11-13)25-17-6-5-15(26)12-16(17)18(23-25)19(22)27/h2-6,11,29H,9-10,12H2,1H3,(H2,22,27)/t21-/m0/s1. The second kappa shape index (κ2) is 6.72. The Morgan fingerprint density at radius 3 is 2.79 bits per heavy atom. The Morgan fingerprint density at radius 1 is 1.31 bits per heavy atom. The van der Waals surface area contributed by atoms with Gasteiger partial charge in [-0.3, -0.25) is 14.4 Å². The SMILES string of the molecule is CN1CC[C@@](O)(C#Cc2cccc(-n3nc(C(N)=O)c4c3C=CC(=O)C4)c2)C1=O. The zero-order valence-electron chi connectivity index (χ0n) is 15.7. The number of hydrogen-bond donors (Lipinski definition) is 2. The number of carbonyl (C=O) groups excluding carboxylic acids is 3. The van der Waals surface area contributed by atoms with Gasteiger partial charge in [0, 0.05) is 37.6 Å². The van der Waals surface area contributed by atoms with Gasteiger partial charge >= 0.3 is 0 Å². The number of nitrogens with zero attached hydrogens (tertiary/aromatic N) is 3. The summed E-state index contributed by atoms with van der Waals surface area (Å²) in [5, 5.41) is 14.7. The van der Waals surface area contributed by atoms with Crippen molar-refractivity contribution in [2.75, 3.05) is 13.6 Å². The zero-order chi connectivity index (χ0) is 20.8. The van der Waals surface area contributed by atoms with Gasteiger partial charge in [-0.25, -0.2) is 4.68 Å². The molecular weight excluding hydrogens is 372 g/mol. The van der Waals surface area contributed by atoms with Crippen molar-refractivity contribution in [3.8, 4) is 17.5 Å². The molecule has 0 bridgehead atoms. The zero-order valence-corrected chi connectivity index (χ0v) is 15.7. The van der Waals surface area contributed by atoms with E-state index in [1.165, 1.54) is 15.7 Å². The van der Waals surface area contributed by atoms with Gasteiger partial charge in [0.05, 0.1) is 11.4 Å². The van der Waals surface area contributed by atoms with Crippen LogP contribution in [0.25, 0.3) is 11.8 Å². The fraction of sp³-hybridized carbons (Fsp3) is 0.238. The molecule has 3 N–H and O–H groups in total. The number of aliphatic hydroxyl groups is 1. The molecule has 2 aromatic rings. The quantitative estimate of drug-likeness (QED) is 0.703. The van der Waals surface area contributed by atoms with E-state index in [2.05, 4.69) is 16.9 Å². The maximum Gasteiger partial charge on any atom is 0.269 e. The summed E-state index contributed by atoms with van der Waals surface area (Å²) >= 11 is 0. The molecule has 1 fully saturated rings. The van der Waals surface area contributed by atoms with E-state index in [1.807, 2.05) is 0 Å². The molecular formula is C21H18N4O4. The maximum atomic E-state index is 12.1. The summed E-state index contributed by atoms with van der Waals surface area (Å²) < 4.78 is 1.53. The third-order valence-corrected chi connectivity index (χ3v) is 5.05. The molecule has 2 heterocycles. The number of benzene rings is 1. The van der Waals surface area contributed by atoms with Crippen LogP contribution in [0, 0.1) is 11.8 Å². The molecule has 2 aliphatic rings. The third kappa shape index (κ3) is 3.22. The average molecular weight is 390 g/mol. The molecule has 8 heteroatoms. The number of amides is 2. The number of aromatic nitrogens is 2. The lowest BCUT2D eigenvalue weighted by atomic mass is 10.00. The van der Waals surface area contributed by atoms with E-state index in [4.69, 9.17) is 5.73 Å². The smallest absolute Gasteiger partial charge is 0.269 e. The molecule has 2 amide bonds. The van der Waals surface area contributed by atoms with Crippen molar-refractivity contribution < 1.29 is 19.5 Å². The van der Waals surface area contributed by atoms with Gasteiger partial charge in [0.1, 0.15) is 0 Å². The summed E-state index contributed by atoms with van der Waals surface area (Å²) in [5.74, 6) is 4.29. The van der Waals surface area contributed by atoms with Gasteiger partial charge in [0.25, 0.3) is 11.8 Å². The summed E-state index contributed by atoms with van der Waals surface area (Å²) in [7, 11) is 1.62. The molecule has 146 valence electrons. The van der Waals surface area contributed by atoms with Crippen LogP contribution in [0.1, 0.15) is 33.7 Å². The molecule has 0 radical (unpaired) electrons. The number of rotatable bonds is 2. The molecule has 1 aliphatic carbocycles. The number of likely N-dealkylation sites (tertiary alicyclic amines) is 1. The Hall–Kier alpha value is -3.70. The second-order valence-corrected chi connectivity index (χ2v) is 7.10. The van der Waals surface area contributed by atoms with Gasteiger partial charge in [0.15, 0.2) is 11.5 Å². The first-order valence-corrected chi connectivity index (χ1v) is 9.03. The predicted molar refractivity (Wildman–Crippen MR) is 104 cm³/mol. The van der Waals surface area contributed by atoms with Crippen molar-refractivity contribution >= 4 is 23.7 Å². The normalized spacial score (nSPS) is 20.4. The second-order valence-electron chi connectivity index (χ2n) is 7.10. The first kappa shape index (κ1) is 18.7. The van der Waals surface area contributed by atoms with Crippen molar-refractivity contribution in [2.45, 2.75) is 18.4 Å². The first-order chi connectivity index (χ1) is 13.8. The summed E-state index contributed by atoms with van der Waals surface area (Å²) in [4.78, 5) is 37.0. The van der Waals surface area contributed by atoms with Gasteiger partial charge in [-0.1, -0.05) is 17.9 Å². The summed E-state index contributed by atoms with van der Waals surface area (Å²) in [6.45, 7) is 0.449. The van der Waals surface area contributed by atoms with E-state index in [9.17, 15) is 19.5 Å². The topological polar surface area (TPSA) is 119 Å². The molecule has 1 aromatic carbocycles. The summed E-state index contributed by atoms with van der Waals surface area (Å²) in [5.41, 5.74) is 6.08. The lowest BCUT2D eigenvalue weighted by molar-refractivity contribution is -0.137. The Morgan fingerprint density at radius 2 is 2.10 bits per heavy atom. The van der Waals surface area contributed by atoms with Gasteiger partial charge in [-0.2, -0.15) is 5.10 Å². The monoisotopic (exact) mass is 390 g/mol. The Labute approximate surface area is 166 Å². The van der Waals surface area contributed by atoms with Gasteiger partial charge in [-0.15, -0.1) is 0 Å². The van der Waals surface area contributed by atoms with Crippen LogP contribution >= 0.6 is 0 Å². The van der Waals surface area contributed by atoms with Crippen LogP contribution in [0.3, 0.4) is 0 Å². The van der Waals surface area contributed by atoms with E-state index in [0.717, 1.165) is 0 Å². The van der Waals surface area contributed by atoms with Crippen molar-refractivity contribution in [2.24, 2.45) is 5.73 Å². The molecule has 8 nitrogen and oxygen atoms in total. The number of carbonyl (C=O) groups is 3. The summed E-state index contributed by atoms with van der Waals surface area (Å²) in [6, 6.07) is 6.99. The highest BCUT2D eigenvalue weighted by Crippen LogP contribution is 2.25. The van der Waals surface area contributed by atoms with Gasteiger partial charge in [0.2, 0.25) is 5.60 Å². The first-order valence-electron chi connectivity index (χ1n) is 9.03. The highest BCUT2D eigenvalue weighted by Gasteiger charge is 2.42. The number of fused-ring (bicyclic) bond motifs is 1. The van der Waals surface area contributed by atoms with E-state index >= 15 is 0 Å². The molecule has 0 saturated carbocycles. The van der Waals surface area contributed by atoms with Crippen LogP contribution in [0.4, 0.5) is 0 Å². The van der Waals surface area contributed by atoms with Gasteiger partial charge in [-0.05, 0) is 30.4 Å². The molecule has 0 unspecified atom stereocenters. The number of likely N-dealkylation sites (N-methyl/N-ethyl adjacent to an activating group) is 1. The molecule has 4 rings (SSSR count). The van der Waals surface area contributed by atoms with E-state index < -0.39 is 17.4 Å². The van der Waals surface area contributed by atoms with Gasteiger partial charge < -0.3 is 15.7 Å². The lowest BCUT2D eigenvalue weighted by Gasteiger charge is -2.13. The van der Waals surface area contributed by atoms with Crippen LogP contribution in [0.15, 0.2) is 30.3 Å². The minimum Gasteiger partial charge on any atom is -0.369 e. The molecule has 1 atom stereocenters. The molecule has 1 aliphatic heterocycles. The van der Waals surface area contributed by atoms with Crippen molar-refractivity contribution in [1.29, 1.82) is 0 Å². The van der Waals surface area contributed by atoms with Crippen molar-refractivity contribution in [3.63, 3.8) is 0 Å².